The monoisotopic (exact) mass is 449 g/mol. The molecule has 2 aromatic carbocycles. The maximum Gasteiger partial charge on any atom is 0.266 e. The van der Waals surface area contributed by atoms with Crippen molar-refractivity contribution in [3.8, 4) is 22.7 Å². The van der Waals surface area contributed by atoms with Crippen molar-refractivity contribution in [2.45, 2.75) is 26.9 Å². The fourth-order valence-electron chi connectivity index (χ4n) is 3.31. The summed E-state index contributed by atoms with van der Waals surface area (Å²) in [6.07, 6.45) is 3.94. The van der Waals surface area contributed by atoms with Crippen LogP contribution in [0, 0.1) is 0 Å². The van der Waals surface area contributed by atoms with Crippen LogP contribution >= 0.6 is 24.0 Å². The van der Waals surface area contributed by atoms with Crippen LogP contribution in [0.4, 0.5) is 0 Å². The second-order valence-corrected chi connectivity index (χ2v) is 9.01. The predicted molar refractivity (Wildman–Crippen MR) is 130 cm³/mol. The number of para-hydroxylation sites is 1. The van der Waals surface area contributed by atoms with Gasteiger partial charge in [0.15, 0.2) is 0 Å². The van der Waals surface area contributed by atoms with Crippen LogP contribution < -0.4 is 4.74 Å². The largest absolute Gasteiger partial charge is 0.491 e. The van der Waals surface area contributed by atoms with E-state index in [9.17, 15) is 4.79 Å². The molecule has 158 valence electrons. The lowest BCUT2D eigenvalue weighted by Crippen LogP contribution is -2.27. The minimum atomic E-state index is -0.0587. The molecule has 2 heterocycles. The van der Waals surface area contributed by atoms with Gasteiger partial charge in [0.05, 0.1) is 22.4 Å². The molecule has 31 heavy (non-hydrogen) atoms. The van der Waals surface area contributed by atoms with Gasteiger partial charge < -0.3 is 4.74 Å². The van der Waals surface area contributed by atoms with Gasteiger partial charge in [-0.05, 0) is 63.2 Å². The van der Waals surface area contributed by atoms with Gasteiger partial charge in [-0.1, -0.05) is 42.2 Å². The summed E-state index contributed by atoms with van der Waals surface area (Å²) in [6, 6.07) is 17.8. The average molecular weight is 450 g/mol. The zero-order valence-corrected chi connectivity index (χ0v) is 19.2. The molecule has 1 fully saturated rings. The predicted octanol–water partition coefficient (Wildman–Crippen LogP) is 5.55. The fourth-order valence-corrected chi connectivity index (χ4v) is 4.68. The summed E-state index contributed by atoms with van der Waals surface area (Å²) in [5.41, 5.74) is 3.55. The Bertz CT molecular complexity index is 1140. The number of amides is 1. The van der Waals surface area contributed by atoms with Gasteiger partial charge >= 0.3 is 0 Å². The number of likely N-dealkylation sites (N-methyl/N-ethyl adjacent to an activating group) is 1. The Kier molecular flexibility index (Phi) is 6.25. The van der Waals surface area contributed by atoms with Crippen molar-refractivity contribution < 1.29 is 9.53 Å². The zero-order valence-electron chi connectivity index (χ0n) is 17.6. The first-order valence-electron chi connectivity index (χ1n) is 10.1. The first-order valence-corrected chi connectivity index (χ1v) is 11.4. The second-order valence-electron chi connectivity index (χ2n) is 7.33. The highest BCUT2D eigenvalue weighted by Gasteiger charge is 2.31. The Labute approximate surface area is 191 Å². The number of carbonyl (C=O) groups is 1. The SMILES string of the molecule is CCN1C(=O)C(=Cc2cn(-c3ccccc3)nc2-c2ccc(OC(C)C)cc2)SC1=S. The maximum absolute atomic E-state index is 12.7. The highest BCUT2D eigenvalue weighted by Crippen LogP contribution is 2.35. The van der Waals surface area contributed by atoms with Crippen molar-refractivity contribution in [2.24, 2.45) is 0 Å². The average Bonchev–Trinajstić information content (AvgIpc) is 3.29. The van der Waals surface area contributed by atoms with E-state index < -0.39 is 0 Å². The lowest BCUT2D eigenvalue weighted by atomic mass is 10.1. The lowest BCUT2D eigenvalue weighted by Gasteiger charge is -2.10. The van der Waals surface area contributed by atoms with Crippen molar-refractivity contribution in [1.82, 2.24) is 14.7 Å². The number of hydrogen-bond acceptors (Lipinski definition) is 5. The van der Waals surface area contributed by atoms with Crippen LogP contribution in [0.15, 0.2) is 65.7 Å². The van der Waals surface area contributed by atoms with Crippen LogP contribution in [0.2, 0.25) is 0 Å². The Morgan fingerprint density at radius 1 is 1.13 bits per heavy atom. The number of ether oxygens (including phenoxy) is 1. The summed E-state index contributed by atoms with van der Waals surface area (Å²) in [5.74, 6) is 0.753. The van der Waals surface area contributed by atoms with Crippen molar-refractivity contribution in [2.75, 3.05) is 6.54 Å². The summed E-state index contributed by atoms with van der Waals surface area (Å²) in [7, 11) is 0. The van der Waals surface area contributed by atoms with Gasteiger partial charge in [-0.15, -0.1) is 0 Å². The molecule has 1 aliphatic heterocycles. The molecular formula is C24H23N3O2S2. The van der Waals surface area contributed by atoms with E-state index in [1.54, 1.807) is 4.90 Å². The van der Waals surface area contributed by atoms with Gasteiger partial charge in [0.25, 0.3) is 5.91 Å². The molecule has 0 bridgehead atoms. The van der Waals surface area contributed by atoms with E-state index in [0.29, 0.717) is 15.8 Å². The third-order valence-corrected chi connectivity index (χ3v) is 6.12. The lowest BCUT2D eigenvalue weighted by molar-refractivity contribution is -0.121. The van der Waals surface area contributed by atoms with Crippen molar-refractivity contribution in [3.63, 3.8) is 0 Å². The summed E-state index contributed by atoms with van der Waals surface area (Å²) in [5, 5.41) is 4.83. The molecule has 4 rings (SSSR count). The van der Waals surface area contributed by atoms with Gasteiger partial charge in [-0.25, -0.2) is 4.68 Å². The number of rotatable bonds is 6. The summed E-state index contributed by atoms with van der Waals surface area (Å²) >= 11 is 6.69. The molecule has 5 nitrogen and oxygen atoms in total. The topological polar surface area (TPSA) is 47.4 Å². The molecule has 3 aromatic rings. The second kappa shape index (κ2) is 9.08. The number of thiocarbonyl (C=S) groups is 1. The van der Waals surface area contributed by atoms with E-state index in [4.69, 9.17) is 22.1 Å². The van der Waals surface area contributed by atoms with E-state index in [0.717, 1.165) is 28.3 Å². The highest BCUT2D eigenvalue weighted by atomic mass is 32.2. The highest BCUT2D eigenvalue weighted by molar-refractivity contribution is 8.26. The molecule has 0 radical (unpaired) electrons. The van der Waals surface area contributed by atoms with Crippen molar-refractivity contribution >= 4 is 40.3 Å². The smallest absolute Gasteiger partial charge is 0.266 e. The first kappa shape index (κ1) is 21.3. The zero-order chi connectivity index (χ0) is 22.0. The van der Waals surface area contributed by atoms with Gasteiger partial charge in [0.1, 0.15) is 10.1 Å². The number of nitrogens with zero attached hydrogens (tertiary/aromatic N) is 3. The number of benzene rings is 2. The molecule has 1 aromatic heterocycles. The molecule has 0 spiro atoms. The molecule has 0 atom stereocenters. The maximum atomic E-state index is 12.7. The summed E-state index contributed by atoms with van der Waals surface area (Å²) < 4.78 is 8.18. The number of hydrogen-bond donors (Lipinski definition) is 0. The number of carbonyl (C=O) groups excluding carboxylic acids is 1. The molecule has 0 aliphatic carbocycles. The molecular weight excluding hydrogens is 426 g/mol. The molecule has 0 unspecified atom stereocenters. The summed E-state index contributed by atoms with van der Waals surface area (Å²) in [4.78, 5) is 15.0. The van der Waals surface area contributed by atoms with Crippen LogP contribution in [-0.2, 0) is 4.79 Å². The van der Waals surface area contributed by atoms with Crippen molar-refractivity contribution in [1.29, 1.82) is 0 Å². The Balaban J connectivity index is 1.77. The van der Waals surface area contributed by atoms with E-state index in [1.807, 2.05) is 92.3 Å². The van der Waals surface area contributed by atoms with Gasteiger partial charge in [-0.3, -0.25) is 9.69 Å². The van der Waals surface area contributed by atoms with Gasteiger partial charge in [0, 0.05) is 23.9 Å². The van der Waals surface area contributed by atoms with E-state index in [1.165, 1.54) is 11.8 Å². The minimum absolute atomic E-state index is 0.0587. The quantitative estimate of drug-likeness (QED) is 0.365. The number of thioether (sulfide) groups is 1. The molecule has 1 aliphatic rings. The molecule has 1 amide bonds. The minimum Gasteiger partial charge on any atom is -0.491 e. The normalized spacial score (nSPS) is 15.4. The Morgan fingerprint density at radius 2 is 1.84 bits per heavy atom. The third-order valence-electron chi connectivity index (χ3n) is 4.74. The Morgan fingerprint density at radius 3 is 2.45 bits per heavy atom. The first-order chi connectivity index (χ1) is 15.0. The van der Waals surface area contributed by atoms with E-state index in [2.05, 4.69) is 0 Å². The van der Waals surface area contributed by atoms with Crippen LogP contribution in [0.5, 0.6) is 5.75 Å². The van der Waals surface area contributed by atoms with E-state index >= 15 is 0 Å². The van der Waals surface area contributed by atoms with Crippen LogP contribution in [0.1, 0.15) is 26.3 Å². The number of aromatic nitrogens is 2. The molecule has 1 saturated heterocycles. The molecule has 0 saturated carbocycles. The van der Waals surface area contributed by atoms with E-state index in [-0.39, 0.29) is 12.0 Å². The summed E-state index contributed by atoms with van der Waals surface area (Å²) in [6.45, 7) is 6.49. The molecule has 7 heteroatoms. The third kappa shape index (κ3) is 4.57. The Hall–Kier alpha value is -2.90. The standard InChI is InChI=1S/C24H23N3O2S2/c1-4-26-23(28)21(31-24(26)30)14-18-15-27(19-8-6-5-7-9-19)25-22(18)17-10-12-20(13-11-17)29-16(2)3/h5-16H,4H2,1-3H3. The van der Waals surface area contributed by atoms with Gasteiger partial charge in [0.2, 0.25) is 0 Å². The van der Waals surface area contributed by atoms with Crippen LogP contribution in [0.3, 0.4) is 0 Å². The van der Waals surface area contributed by atoms with Crippen LogP contribution in [-0.4, -0.2) is 37.6 Å². The fraction of sp³-hybridized carbons (Fsp3) is 0.208. The van der Waals surface area contributed by atoms with Gasteiger partial charge in [-0.2, -0.15) is 5.10 Å². The van der Waals surface area contributed by atoms with Crippen molar-refractivity contribution in [3.05, 3.63) is 71.3 Å². The molecule has 0 N–H and O–H groups in total. The van der Waals surface area contributed by atoms with Crippen LogP contribution in [0.25, 0.3) is 23.0 Å².